The minimum absolute atomic E-state index is 0. The van der Waals surface area contributed by atoms with Crippen LogP contribution in [0.2, 0.25) is 0 Å². The van der Waals surface area contributed by atoms with Crippen molar-refractivity contribution in [1.82, 2.24) is 0 Å². The Morgan fingerprint density at radius 1 is 1.05 bits per heavy atom. The van der Waals surface area contributed by atoms with Crippen molar-refractivity contribution in [2.75, 3.05) is 0 Å². The maximum absolute atomic E-state index is 10.9. The molecule has 1 rings (SSSR count). The summed E-state index contributed by atoms with van der Waals surface area (Å²) in [6.45, 7) is 2.19. The summed E-state index contributed by atoms with van der Waals surface area (Å²) < 4.78 is 15.6. The van der Waals surface area contributed by atoms with Crippen LogP contribution in [0, 0.1) is 0 Å². The molecule has 6 heteroatoms. The Labute approximate surface area is 133 Å². The number of unbranched alkanes of at least 4 members (excludes halogenated alkanes) is 5. The fourth-order valence-corrected chi connectivity index (χ4v) is 2.46. The number of hydrogen-bond acceptors (Lipinski definition) is 2. The molecule has 0 aliphatic rings. The second-order valence-corrected chi connectivity index (χ2v) is 5.87. The molecule has 0 unspecified atom stereocenters. The fraction of sp³-hybridized carbons (Fsp3) is 0.571. The molecule has 110 valence electrons. The van der Waals surface area contributed by atoms with Crippen molar-refractivity contribution in [3.8, 4) is 5.75 Å². The van der Waals surface area contributed by atoms with Gasteiger partial charge in [0.1, 0.15) is 5.75 Å². The standard InChI is InChI=1S/C14H23O4P.Li.H/c1-2-3-4-5-6-7-10-13-11-8-9-12-14(13)18-19(15,16)17;;/h8-9,11-12H,2-7,10H2,1H3,(H2,15,16,17);;. The van der Waals surface area contributed by atoms with E-state index >= 15 is 0 Å². The van der Waals surface area contributed by atoms with Gasteiger partial charge in [0.05, 0.1) is 0 Å². The van der Waals surface area contributed by atoms with Crippen LogP contribution in [-0.4, -0.2) is 28.6 Å². The maximum atomic E-state index is 10.9. The summed E-state index contributed by atoms with van der Waals surface area (Å²) in [5.74, 6) is 0.296. The summed E-state index contributed by atoms with van der Waals surface area (Å²) in [5, 5.41) is 0. The summed E-state index contributed by atoms with van der Waals surface area (Å²) in [6, 6.07) is 7.04. The molecule has 0 heterocycles. The molecule has 0 aliphatic heterocycles. The Bertz CT molecular complexity index is 419. The van der Waals surface area contributed by atoms with E-state index in [0.717, 1.165) is 24.8 Å². The van der Waals surface area contributed by atoms with Crippen molar-refractivity contribution in [3.05, 3.63) is 29.8 Å². The molecule has 0 aromatic heterocycles. The van der Waals surface area contributed by atoms with Crippen molar-refractivity contribution in [2.45, 2.75) is 51.9 Å². The summed E-state index contributed by atoms with van der Waals surface area (Å²) in [5.41, 5.74) is 0.862. The molecule has 0 radical (unpaired) electrons. The third-order valence-corrected chi connectivity index (χ3v) is 3.42. The molecule has 0 bridgehead atoms. The Hall–Kier alpha value is -0.233. The van der Waals surface area contributed by atoms with E-state index in [2.05, 4.69) is 6.92 Å². The Morgan fingerprint density at radius 2 is 1.65 bits per heavy atom. The van der Waals surface area contributed by atoms with Gasteiger partial charge in [0, 0.05) is 0 Å². The number of phosphoric acid groups is 1. The molecule has 0 atom stereocenters. The van der Waals surface area contributed by atoms with Gasteiger partial charge in [-0.25, -0.2) is 4.57 Å². The van der Waals surface area contributed by atoms with Crippen LogP contribution in [0.5, 0.6) is 5.75 Å². The quantitative estimate of drug-likeness (QED) is 0.416. The first kappa shape index (κ1) is 19.8. The van der Waals surface area contributed by atoms with Crippen LogP contribution in [0.15, 0.2) is 24.3 Å². The van der Waals surface area contributed by atoms with E-state index in [9.17, 15) is 4.57 Å². The van der Waals surface area contributed by atoms with E-state index in [-0.39, 0.29) is 18.9 Å². The zero-order chi connectivity index (χ0) is 14.1. The zero-order valence-electron chi connectivity index (χ0n) is 11.4. The number of para-hydroxylation sites is 1. The van der Waals surface area contributed by atoms with Gasteiger partial charge in [-0.1, -0.05) is 57.2 Å². The number of aryl methyl sites for hydroxylation is 1. The Kier molecular flexibility index (Phi) is 10.4. The van der Waals surface area contributed by atoms with Gasteiger partial charge in [0.15, 0.2) is 0 Å². The van der Waals surface area contributed by atoms with Crippen LogP contribution in [0.3, 0.4) is 0 Å². The summed E-state index contributed by atoms with van der Waals surface area (Å²) in [4.78, 5) is 17.7. The molecule has 0 saturated heterocycles. The van der Waals surface area contributed by atoms with Gasteiger partial charge in [-0.2, -0.15) is 0 Å². The second kappa shape index (κ2) is 10.5. The monoisotopic (exact) mass is 294 g/mol. The molecule has 1 aromatic carbocycles. The zero-order valence-corrected chi connectivity index (χ0v) is 12.3. The predicted molar refractivity (Wildman–Crippen MR) is 83.3 cm³/mol. The summed E-state index contributed by atoms with van der Waals surface area (Å²) in [6.07, 6.45) is 7.95. The number of phosphoric ester groups is 1. The van der Waals surface area contributed by atoms with Gasteiger partial charge in [0.2, 0.25) is 0 Å². The van der Waals surface area contributed by atoms with E-state index in [0.29, 0.717) is 5.75 Å². The van der Waals surface area contributed by atoms with E-state index in [1.54, 1.807) is 12.1 Å². The van der Waals surface area contributed by atoms with Crippen LogP contribution in [0.25, 0.3) is 0 Å². The average molecular weight is 294 g/mol. The first-order chi connectivity index (χ1) is 9.03. The summed E-state index contributed by atoms with van der Waals surface area (Å²) >= 11 is 0. The van der Waals surface area contributed by atoms with Crippen molar-refractivity contribution in [2.24, 2.45) is 0 Å². The first-order valence-electron chi connectivity index (χ1n) is 6.86. The van der Waals surface area contributed by atoms with Crippen LogP contribution in [-0.2, 0) is 11.0 Å². The molecular weight excluding hydrogens is 270 g/mol. The van der Waals surface area contributed by atoms with E-state index in [1.807, 2.05) is 12.1 Å². The molecule has 0 spiro atoms. The number of rotatable bonds is 9. The van der Waals surface area contributed by atoms with Gasteiger partial charge >= 0.3 is 26.7 Å². The van der Waals surface area contributed by atoms with Gasteiger partial charge < -0.3 is 4.52 Å². The normalized spacial score (nSPS) is 10.9. The second-order valence-electron chi connectivity index (χ2n) is 4.71. The fourth-order valence-electron chi connectivity index (χ4n) is 2.02. The SMILES string of the molecule is CCCCCCCCc1ccccc1OP(=O)(O)O.[LiH]. The Balaban J connectivity index is 0.00000361. The molecule has 0 amide bonds. The topological polar surface area (TPSA) is 66.8 Å². The van der Waals surface area contributed by atoms with Gasteiger partial charge in [-0.15, -0.1) is 0 Å². The molecule has 4 nitrogen and oxygen atoms in total. The molecule has 0 fully saturated rings. The van der Waals surface area contributed by atoms with Crippen LogP contribution < -0.4 is 4.52 Å². The van der Waals surface area contributed by atoms with Crippen molar-refractivity contribution in [3.63, 3.8) is 0 Å². The van der Waals surface area contributed by atoms with Gasteiger partial charge in [-0.05, 0) is 24.5 Å². The van der Waals surface area contributed by atoms with Crippen molar-refractivity contribution in [1.29, 1.82) is 0 Å². The average Bonchev–Trinajstić information content (AvgIpc) is 2.33. The summed E-state index contributed by atoms with van der Waals surface area (Å²) in [7, 11) is -4.47. The number of hydrogen-bond donors (Lipinski definition) is 2. The van der Waals surface area contributed by atoms with E-state index in [1.165, 1.54) is 25.7 Å². The molecule has 0 aliphatic carbocycles. The molecule has 20 heavy (non-hydrogen) atoms. The van der Waals surface area contributed by atoms with Crippen LogP contribution in [0.1, 0.15) is 51.0 Å². The molecular formula is C14H24LiO4P. The predicted octanol–water partition coefficient (Wildman–Crippen LogP) is 3.41. The molecule has 2 N–H and O–H groups in total. The molecule has 1 aromatic rings. The van der Waals surface area contributed by atoms with Crippen molar-refractivity contribution >= 4 is 26.7 Å². The van der Waals surface area contributed by atoms with E-state index < -0.39 is 7.82 Å². The van der Waals surface area contributed by atoms with Gasteiger partial charge in [-0.3, -0.25) is 9.79 Å². The number of benzene rings is 1. The van der Waals surface area contributed by atoms with Gasteiger partial charge in [0.25, 0.3) is 0 Å². The third kappa shape index (κ3) is 8.84. The van der Waals surface area contributed by atoms with Crippen LogP contribution in [0.4, 0.5) is 0 Å². The molecule has 0 saturated carbocycles. The van der Waals surface area contributed by atoms with Crippen LogP contribution >= 0.6 is 7.82 Å². The first-order valence-corrected chi connectivity index (χ1v) is 8.39. The third-order valence-electron chi connectivity index (χ3n) is 2.99. The van der Waals surface area contributed by atoms with E-state index in [4.69, 9.17) is 14.3 Å². The Morgan fingerprint density at radius 3 is 2.30 bits per heavy atom. The van der Waals surface area contributed by atoms with Crippen molar-refractivity contribution < 1.29 is 18.9 Å². The minimum atomic E-state index is -4.47.